The summed E-state index contributed by atoms with van der Waals surface area (Å²) in [7, 11) is 0. The Morgan fingerprint density at radius 3 is 2.68 bits per heavy atom. The van der Waals surface area contributed by atoms with Crippen LogP contribution in [0.3, 0.4) is 0 Å². The van der Waals surface area contributed by atoms with Gasteiger partial charge < -0.3 is 9.47 Å². The van der Waals surface area contributed by atoms with E-state index in [1.807, 2.05) is 18.4 Å². The average molecular weight is 307 g/mol. The average Bonchev–Trinajstić information content (AvgIpc) is 2.94. The Balaban J connectivity index is 2.15. The Labute approximate surface area is 128 Å². The molecule has 2 rings (SSSR count). The minimum Gasteiger partial charge on any atom is -0.336 e. The minimum atomic E-state index is -0.865. The van der Waals surface area contributed by atoms with E-state index < -0.39 is 11.6 Å². The van der Waals surface area contributed by atoms with Crippen LogP contribution in [0, 0.1) is 11.6 Å². The first-order valence-electron chi connectivity index (χ1n) is 7.26. The summed E-state index contributed by atoms with van der Waals surface area (Å²) >= 11 is 0. The molecule has 1 heterocycles. The third-order valence-electron chi connectivity index (χ3n) is 3.51. The lowest BCUT2D eigenvalue weighted by Gasteiger charge is -2.20. The number of imidazole rings is 1. The van der Waals surface area contributed by atoms with Gasteiger partial charge in [0.25, 0.3) is 0 Å². The van der Waals surface area contributed by atoms with Crippen LogP contribution < -0.4 is 0 Å². The van der Waals surface area contributed by atoms with Gasteiger partial charge in [0.2, 0.25) is 5.91 Å². The fourth-order valence-corrected chi connectivity index (χ4v) is 2.24. The molecule has 1 aromatic heterocycles. The van der Waals surface area contributed by atoms with Crippen LogP contribution in [0.25, 0.3) is 0 Å². The molecule has 0 saturated carbocycles. The lowest BCUT2D eigenvalue weighted by molar-refractivity contribution is -0.131. The van der Waals surface area contributed by atoms with Crippen LogP contribution in [0.2, 0.25) is 0 Å². The summed E-state index contributed by atoms with van der Waals surface area (Å²) < 4.78 is 28.1. The van der Waals surface area contributed by atoms with Crippen LogP contribution >= 0.6 is 0 Å². The Kier molecular flexibility index (Phi) is 5.25. The third kappa shape index (κ3) is 3.69. The van der Waals surface area contributed by atoms with Crippen molar-refractivity contribution in [2.75, 3.05) is 6.54 Å². The minimum absolute atomic E-state index is 0.0601. The summed E-state index contributed by atoms with van der Waals surface area (Å²) in [6, 6.07) is 3.82. The molecule has 0 aliphatic carbocycles. The normalized spacial score (nSPS) is 10.7. The number of benzene rings is 1. The largest absolute Gasteiger partial charge is 0.336 e. The number of aromatic nitrogens is 2. The molecule has 22 heavy (non-hydrogen) atoms. The summed E-state index contributed by atoms with van der Waals surface area (Å²) in [5, 5.41) is 0. The third-order valence-corrected chi connectivity index (χ3v) is 3.51. The van der Waals surface area contributed by atoms with Crippen LogP contribution in [0.15, 0.2) is 30.6 Å². The fourth-order valence-electron chi connectivity index (χ4n) is 2.24. The van der Waals surface area contributed by atoms with Gasteiger partial charge in [0.15, 0.2) is 11.6 Å². The van der Waals surface area contributed by atoms with Crippen LogP contribution in [0.1, 0.15) is 31.7 Å². The zero-order valence-electron chi connectivity index (χ0n) is 12.7. The zero-order valence-corrected chi connectivity index (χ0v) is 12.7. The van der Waals surface area contributed by atoms with E-state index in [1.165, 1.54) is 12.1 Å². The zero-order chi connectivity index (χ0) is 16.1. The van der Waals surface area contributed by atoms with E-state index in [2.05, 4.69) is 4.98 Å². The van der Waals surface area contributed by atoms with E-state index in [1.54, 1.807) is 17.3 Å². The standard InChI is InChI=1S/C16H19F2N3O/c1-3-16(22)20(4-2)11-15-19-7-8-21(15)10-12-5-6-13(17)14(18)9-12/h5-9H,3-4,10-11H2,1-2H3. The highest BCUT2D eigenvalue weighted by molar-refractivity contribution is 5.75. The molecule has 1 aromatic carbocycles. The van der Waals surface area contributed by atoms with Crippen molar-refractivity contribution in [3.05, 3.63) is 53.6 Å². The molecule has 0 aliphatic heterocycles. The summed E-state index contributed by atoms with van der Waals surface area (Å²) in [6.07, 6.45) is 3.85. The molecular formula is C16H19F2N3O. The van der Waals surface area contributed by atoms with E-state index in [0.29, 0.717) is 37.4 Å². The maximum absolute atomic E-state index is 13.3. The second-order valence-corrected chi connectivity index (χ2v) is 4.98. The molecule has 0 bridgehead atoms. The predicted octanol–water partition coefficient (Wildman–Crippen LogP) is 2.97. The molecule has 0 radical (unpaired) electrons. The van der Waals surface area contributed by atoms with Crippen molar-refractivity contribution in [1.82, 2.24) is 14.5 Å². The quantitative estimate of drug-likeness (QED) is 0.823. The number of amides is 1. The highest BCUT2D eigenvalue weighted by Crippen LogP contribution is 2.12. The van der Waals surface area contributed by atoms with Crippen molar-refractivity contribution in [1.29, 1.82) is 0 Å². The molecule has 0 fully saturated rings. The van der Waals surface area contributed by atoms with E-state index in [-0.39, 0.29) is 5.91 Å². The Bertz CT molecular complexity index is 655. The number of rotatable bonds is 6. The second-order valence-electron chi connectivity index (χ2n) is 4.98. The molecule has 118 valence electrons. The van der Waals surface area contributed by atoms with Gasteiger partial charge in [0.1, 0.15) is 5.82 Å². The topological polar surface area (TPSA) is 38.1 Å². The van der Waals surface area contributed by atoms with Crippen LogP contribution in [-0.4, -0.2) is 26.9 Å². The highest BCUT2D eigenvalue weighted by atomic mass is 19.2. The maximum Gasteiger partial charge on any atom is 0.222 e. The van der Waals surface area contributed by atoms with Gasteiger partial charge in [0.05, 0.1) is 6.54 Å². The molecule has 0 aliphatic rings. The summed E-state index contributed by atoms with van der Waals surface area (Å²) in [5.74, 6) is -0.950. The smallest absolute Gasteiger partial charge is 0.222 e. The molecule has 0 spiro atoms. The first-order chi connectivity index (χ1) is 10.5. The number of hydrogen-bond donors (Lipinski definition) is 0. The number of halogens is 2. The van der Waals surface area contributed by atoms with Crippen LogP contribution in [-0.2, 0) is 17.9 Å². The van der Waals surface area contributed by atoms with E-state index >= 15 is 0 Å². The Morgan fingerprint density at radius 2 is 2.05 bits per heavy atom. The molecular weight excluding hydrogens is 288 g/mol. The molecule has 0 unspecified atom stereocenters. The molecule has 0 N–H and O–H groups in total. The highest BCUT2D eigenvalue weighted by Gasteiger charge is 2.13. The number of carbonyl (C=O) groups excluding carboxylic acids is 1. The maximum atomic E-state index is 13.3. The molecule has 1 amide bonds. The van der Waals surface area contributed by atoms with Gasteiger partial charge in [-0.1, -0.05) is 13.0 Å². The van der Waals surface area contributed by atoms with Gasteiger partial charge in [-0.15, -0.1) is 0 Å². The van der Waals surface area contributed by atoms with Crippen molar-refractivity contribution in [2.24, 2.45) is 0 Å². The second kappa shape index (κ2) is 7.15. The monoisotopic (exact) mass is 307 g/mol. The van der Waals surface area contributed by atoms with Crippen molar-refractivity contribution in [3.8, 4) is 0 Å². The molecule has 6 heteroatoms. The molecule has 0 saturated heterocycles. The van der Waals surface area contributed by atoms with Crippen LogP contribution in [0.4, 0.5) is 8.78 Å². The van der Waals surface area contributed by atoms with Gasteiger partial charge in [-0.2, -0.15) is 0 Å². The van der Waals surface area contributed by atoms with Gasteiger partial charge in [0, 0.05) is 31.9 Å². The number of nitrogens with zero attached hydrogens (tertiary/aromatic N) is 3. The first-order valence-corrected chi connectivity index (χ1v) is 7.26. The van der Waals surface area contributed by atoms with Gasteiger partial charge in [-0.3, -0.25) is 4.79 Å². The van der Waals surface area contributed by atoms with Gasteiger partial charge in [-0.25, -0.2) is 13.8 Å². The van der Waals surface area contributed by atoms with Crippen molar-refractivity contribution < 1.29 is 13.6 Å². The number of carbonyl (C=O) groups is 1. The molecule has 2 aromatic rings. The van der Waals surface area contributed by atoms with Gasteiger partial charge >= 0.3 is 0 Å². The summed E-state index contributed by atoms with van der Waals surface area (Å²) in [5.41, 5.74) is 0.642. The summed E-state index contributed by atoms with van der Waals surface area (Å²) in [4.78, 5) is 17.8. The number of hydrogen-bond acceptors (Lipinski definition) is 2. The van der Waals surface area contributed by atoms with E-state index in [0.717, 1.165) is 6.07 Å². The first kappa shape index (κ1) is 16.1. The molecule has 4 nitrogen and oxygen atoms in total. The Morgan fingerprint density at radius 1 is 1.27 bits per heavy atom. The lowest BCUT2D eigenvalue weighted by atomic mass is 10.2. The summed E-state index contributed by atoms with van der Waals surface area (Å²) in [6.45, 7) is 5.11. The predicted molar refractivity (Wildman–Crippen MR) is 79.1 cm³/mol. The van der Waals surface area contributed by atoms with Gasteiger partial charge in [-0.05, 0) is 24.6 Å². The van der Waals surface area contributed by atoms with Crippen LogP contribution in [0.5, 0.6) is 0 Å². The van der Waals surface area contributed by atoms with Crippen molar-refractivity contribution in [2.45, 2.75) is 33.4 Å². The fraction of sp³-hybridized carbons (Fsp3) is 0.375. The van der Waals surface area contributed by atoms with E-state index in [4.69, 9.17) is 0 Å². The van der Waals surface area contributed by atoms with Crippen molar-refractivity contribution in [3.63, 3.8) is 0 Å². The van der Waals surface area contributed by atoms with Crippen molar-refractivity contribution >= 4 is 5.91 Å². The molecule has 0 atom stereocenters. The van der Waals surface area contributed by atoms with E-state index in [9.17, 15) is 13.6 Å². The lowest BCUT2D eigenvalue weighted by Crippen LogP contribution is -2.30. The SMILES string of the molecule is CCC(=O)N(CC)Cc1nccn1Cc1ccc(F)c(F)c1. The Hall–Kier alpha value is -2.24.